The van der Waals surface area contributed by atoms with E-state index >= 15 is 0 Å². The minimum Gasteiger partial charge on any atom is -0.493 e. The molecule has 2 aromatic rings. The lowest BCUT2D eigenvalue weighted by molar-refractivity contribution is -0.122. The Morgan fingerprint density at radius 3 is 2.72 bits per heavy atom. The fourth-order valence-corrected chi connectivity index (χ4v) is 2.98. The summed E-state index contributed by atoms with van der Waals surface area (Å²) in [6.07, 6.45) is 2.40. The van der Waals surface area contributed by atoms with Crippen LogP contribution in [0, 0.1) is 5.92 Å². The molecule has 1 aliphatic rings. The number of carbonyl (C=O) groups excluding carboxylic acids is 1. The average Bonchev–Trinajstić information content (AvgIpc) is 3.42. The summed E-state index contributed by atoms with van der Waals surface area (Å²) < 4.78 is 10.4. The van der Waals surface area contributed by atoms with Gasteiger partial charge in [0.05, 0.1) is 20.4 Å². The Morgan fingerprint density at radius 1 is 1.20 bits per heavy atom. The third-order valence-electron chi connectivity index (χ3n) is 4.20. The third kappa shape index (κ3) is 4.12. The number of benzene rings is 2. The molecule has 1 aliphatic carbocycles. The van der Waals surface area contributed by atoms with Crippen LogP contribution in [0.15, 0.2) is 47.6 Å². The van der Waals surface area contributed by atoms with Crippen LogP contribution in [0.2, 0.25) is 5.02 Å². The topological polar surface area (TPSA) is 59.9 Å². The molecule has 0 bridgehead atoms. The molecule has 1 fully saturated rings. The number of rotatable bonds is 6. The van der Waals surface area contributed by atoms with E-state index in [1.165, 1.54) is 0 Å². The smallest absolute Gasteiger partial charge is 0.243 e. The van der Waals surface area contributed by atoms with Gasteiger partial charge in [-0.25, -0.2) is 5.43 Å². The number of hydrogen-bond acceptors (Lipinski definition) is 4. The first-order valence-corrected chi connectivity index (χ1v) is 8.30. The number of hydrogen-bond donors (Lipinski definition) is 1. The molecule has 0 saturated heterocycles. The van der Waals surface area contributed by atoms with Crippen LogP contribution in [0.5, 0.6) is 11.5 Å². The SMILES string of the molecule is COc1ccc(C=NNC(=O)C2CC2c2cccc(Cl)c2)cc1OC. The highest BCUT2D eigenvalue weighted by atomic mass is 35.5. The molecular weight excluding hydrogens is 340 g/mol. The Balaban J connectivity index is 1.57. The summed E-state index contributed by atoms with van der Waals surface area (Å²) in [5.41, 5.74) is 4.50. The molecule has 0 heterocycles. The van der Waals surface area contributed by atoms with Crippen LogP contribution in [-0.2, 0) is 4.79 Å². The Bertz CT molecular complexity index is 807. The number of hydrazone groups is 1. The summed E-state index contributed by atoms with van der Waals surface area (Å²) >= 11 is 6.00. The van der Waals surface area contributed by atoms with Gasteiger partial charge in [0.2, 0.25) is 5.91 Å². The highest BCUT2D eigenvalue weighted by Gasteiger charge is 2.43. The minimum atomic E-state index is -0.0818. The average molecular weight is 359 g/mol. The van der Waals surface area contributed by atoms with Gasteiger partial charge in [-0.3, -0.25) is 4.79 Å². The zero-order chi connectivity index (χ0) is 17.8. The van der Waals surface area contributed by atoms with E-state index in [2.05, 4.69) is 10.5 Å². The maximum atomic E-state index is 12.2. The summed E-state index contributed by atoms with van der Waals surface area (Å²) in [7, 11) is 3.15. The van der Waals surface area contributed by atoms with Gasteiger partial charge in [0.15, 0.2) is 11.5 Å². The molecule has 3 rings (SSSR count). The van der Waals surface area contributed by atoms with Gasteiger partial charge in [0.1, 0.15) is 0 Å². The van der Waals surface area contributed by atoms with E-state index in [1.807, 2.05) is 30.3 Å². The van der Waals surface area contributed by atoms with Gasteiger partial charge >= 0.3 is 0 Å². The van der Waals surface area contributed by atoms with Gasteiger partial charge in [0.25, 0.3) is 0 Å². The quantitative estimate of drug-likeness (QED) is 0.634. The molecule has 1 N–H and O–H groups in total. The van der Waals surface area contributed by atoms with Gasteiger partial charge in [-0.05, 0) is 53.8 Å². The van der Waals surface area contributed by atoms with E-state index in [0.717, 1.165) is 17.5 Å². The predicted molar refractivity (Wildman–Crippen MR) is 97.6 cm³/mol. The number of nitrogens with zero attached hydrogens (tertiary/aromatic N) is 1. The second-order valence-corrected chi connectivity index (χ2v) is 6.29. The molecule has 0 radical (unpaired) electrons. The van der Waals surface area contributed by atoms with Crippen molar-refractivity contribution < 1.29 is 14.3 Å². The third-order valence-corrected chi connectivity index (χ3v) is 4.44. The Kier molecular flexibility index (Phi) is 5.24. The second kappa shape index (κ2) is 7.57. The zero-order valence-corrected chi connectivity index (χ0v) is 14.8. The highest BCUT2D eigenvalue weighted by Crippen LogP contribution is 2.47. The summed E-state index contributed by atoms with van der Waals surface area (Å²) in [5.74, 6) is 1.34. The van der Waals surface area contributed by atoms with Crippen LogP contribution < -0.4 is 14.9 Å². The molecule has 2 atom stereocenters. The molecular formula is C19H19ClN2O3. The molecule has 1 amide bonds. The van der Waals surface area contributed by atoms with Crippen LogP contribution in [0.4, 0.5) is 0 Å². The van der Waals surface area contributed by atoms with Gasteiger partial charge in [-0.2, -0.15) is 5.10 Å². The second-order valence-electron chi connectivity index (χ2n) is 5.85. The van der Waals surface area contributed by atoms with Crippen molar-refractivity contribution in [3.8, 4) is 11.5 Å². The maximum absolute atomic E-state index is 12.2. The van der Waals surface area contributed by atoms with Gasteiger partial charge in [0, 0.05) is 10.9 Å². The van der Waals surface area contributed by atoms with Crippen molar-refractivity contribution in [3.05, 3.63) is 58.6 Å². The molecule has 130 valence electrons. The van der Waals surface area contributed by atoms with Crippen LogP contribution in [-0.4, -0.2) is 26.3 Å². The van der Waals surface area contributed by atoms with Crippen molar-refractivity contribution in [3.63, 3.8) is 0 Å². The van der Waals surface area contributed by atoms with E-state index < -0.39 is 0 Å². The van der Waals surface area contributed by atoms with Crippen LogP contribution in [0.3, 0.4) is 0 Å². The van der Waals surface area contributed by atoms with E-state index in [1.54, 1.807) is 32.6 Å². The van der Waals surface area contributed by atoms with Crippen molar-refractivity contribution in [1.82, 2.24) is 5.43 Å². The number of methoxy groups -OCH3 is 2. The Morgan fingerprint density at radius 2 is 2.00 bits per heavy atom. The molecule has 0 spiro atoms. The normalized spacial score (nSPS) is 18.8. The first kappa shape index (κ1) is 17.3. The molecule has 0 aliphatic heterocycles. The first-order chi connectivity index (χ1) is 12.1. The molecule has 6 heteroatoms. The lowest BCUT2D eigenvalue weighted by Crippen LogP contribution is -2.20. The lowest BCUT2D eigenvalue weighted by Gasteiger charge is -2.07. The Labute approximate surface area is 151 Å². The van der Waals surface area contributed by atoms with Gasteiger partial charge in [-0.1, -0.05) is 23.7 Å². The zero-order valence-electron chi connectivity index (χ0n) is 14.0. The number of amides is 1. The van der Waals surface area contributed by atoms with Crippen molar-refractivity contribution in [2.24, 2.45) is 11.0 Å². The number of nitrogens with one attached hydrogen (secondary N) is 1. The maximum Gasteiger partial charge on any atom is 0.243 e. The Hall–Kier alpha value is -2.53. The molecule has 0 aromatic heterocycles. The summed E-state index contributed by atoms with van der Waals surface area (Å²) in [5, 5.41) is 4.72. The van der Waals surface area contributed by atoms with Crippen molar-refractivity contribution in [2.75, 3.05) is 14.2 Å². The van der Waals surface area contributed by atoms with E-state index in [-0.39, 0.29) is 17.7 Å². The number of carbonyl (C=O) groups is 1. The predicted octanol–water partition coefficient (Wildman–Crippen LogP) is 3.61. The largest absolute Gasteiger partial charge is 0.493 e. The molecule has 5 nitrogen and oxygen atoms in total. The highest BCUT2D eigenvalue weighted by molar-refractivity contribution is 6.30. The van der Waals surface area contributed by atoms with Crippen LogP contribution in [0.25, 0.3) is 0 Å². The summed E-state index contributed by atoms with van der Waals surface area (Å²) in [6.45, 7) is 0. The monoisotopic (exact) mass is 358 g/mol. The minimum absolute atomic E-state index is 0.0546. The summed E-state index contributed by atoms with van der Waals surface area (Å²) in [4.78, 5) is 12.2. The van der Waals surface area contributed by atoms with Crippen molar-refractivity contribution >= 4 is 23.7 Å². The van der Waals surface area contributed by atoms with Gasteiger partial charge in [-0.15, -0.1) is 0 Å². The van der Waals surface area contributed by atoms with Gasteiger partial charge < -0.3 is 9.47 Å². The van der Waals surface area contributed by atoms with Crippen LogP contribution >= 0.6 is 11.6 Å². The van der Waals surface area contributed by atoms with Crippen molar-refractivity contribution in [2.45, 2.75) is 12.3 Å². The molecule has 1 saturated carbocycles. The lowest BCUT2D eigenvalue weighted by atomic mass is 10.1. The molecule has 25 heavy (non-hydrogen) atoms. The molecule has 2 unspecified atom stereocenters. The van der Waals surface area contributed by atoms with Crippen molar-refractivity contribution in [1.29, 1.82) is 0 Å². The van der Waals surface area contributed by atoms with E-state index in [4.69, 9.17) is 21.1 Å². The standard InChI is InChI=1S/C19H19ClN2O3/c1-24-17-7-6-12(8-18(17)25-2)11-21-22-19(23)16-10-15(16)13-4-3-5-14(20)9-13/h3-9,11,15-16H,10H2,1-2H3,(H,22,23). The molecule has 2 aromatic carbocycles. The van der Waals surface area contributed by atoms with E-state index in [9.17, 15) is 4.79 Å². The van der Waals surface area contributed by atoms with Crippen LogP contribution in [0.1, 0.15) is 23.5 Å². The first-order valence-electron chi connectivity index (χ1n) is 7.92. The van der Waals surface area contributed by atoms with E-state index in [0.29, 0.717) is 16.5 Å². The fraction of sp³-hybridized carbons (Fsp3) is 0.263. The number of ether oxygens (including phenoxy) is 2. The summed E-state index contributed by atoms with van der Waals surface area (Å²) in [6, 6.07) is 13.1. The fourth-order valence-electron chi connectivity index (χ4n) is 2.78. The number of halogens is 1.